The molecule has 0 unspecified atom stereocenters. The summed E-state index contributed by atoms with van der Waals surface area (Å²) in [5.41, 5.74) is 1.78. The molecule has 0 spiro atoms. The molecule has 6 nitrogen and oxygen atoms in total. The number of benzene rings is 1. The molecule has 7 heteroatoms. The monoisotopic (exact) mass is 378 g/mol. The minimum atomic E-state index is -0.475. The van der Waals surface area contributed by atoms with Gasteiger partial charge in [0.1, 0.15) is 0 Å². The van der Waals surface area contributed by atoms with E-state index in [0.29, 0.717) is 12.2 Å². The molecule has 3 N–H and O–H groups in total. The number of nitrogens with zero attached hydrogens (tertiary/aromatic N) is 1. The van der Waals surface area contributed by atoms with Crippen LogP contribution in [0, 0.1) is 0 Å². The summed E-state index contributed by atoms with van der Waals surface area (Å²) in [6.07, 6.45) is -0.475. The number of nitrogens with one attached hydrogen (secondary N) is 3. The molecule has 0 aliphatic carbocycles. The maximum Gasteiger partial charge on any atom is 0.411 e. The van der Waals surface area contributed by atoms with Crippen molar-refractivity contribution in [1.82, 2.24) is 10.6 Å². The average Bonchev–Trinajstić information content (AvgIpc) is 2.41. The van der Waals surface area contributed by atoms with Crippen molar-refractivity contribution in [2.75, 3.05) is 26.5 Å². The number of methoxy groups -OCH3 is 1. The average molecular weight is 378 g/mol. The Balaban J connectivity index is 0.00000324. The van der Waals surface area contributed by atoms with Crippen LogP contribution in [0.2, 0.25) is 0 Å². The molecule has 0 radical (unpaired) electrons. The Morgan fingerprint density at radius 2 is 1.95 bits per heavy atom. The van der Waals surface area contributed by atoms with Gasteiger partial charge < -0.3 is 15.4 Å². The Kier molecular flexibility index (Phi) is 8.68. The molecule has 0 saturated heterocycles. The van der Waals surface area contributed by atoms with Crippen molar-refractivity contribution in [3.8, 4) is 0 Å². The zero-order valence-electron chi connectivity index (χ0n) is 11.2. The SMILES string of the molecule is CN=C(NC)NCc1ccc(NC(=O)OC)cc1.I. The van der Waals surface area contributed by atoms with Crippen LogP contribution in [0.4, 0.5) is 10.5 Å². The summed E-state index contributed by atoms with van der Waals surface area (Å²) in [6.45, 7) is 0.659. The van der Waals surface area contributed by atoms with Crippen LogP contribution in [-0.4, -0.2) is 33.3 Å². The molecule has 1 aromatic carbocycles. The molecule has 1 aromatic rings. The van der Waals surface area contributed by atoms with Gasteiger partial charge in [-0.2, -0.15) is 0 Å². The number of anilines is 1. The summed E-state index contributed by atoms with van der Waals surface area (Å²) in [4.78, 5) is 15.0. The normalized spacial score (nSPS) is 10.2. The fourth-order valence-corrected chi connectivity index (χ4v) is 1.34. The van der Waals surface area contributed by atoms with E-state index in [1.54, 1.807) is 14.1 Å². The Bertz CT molecular complexity index is 420. The van der Waals surface area contributed by atoms with E-state index in [1.165, 1.54) is 7.11 Å². The molecule has 0 bridgehead atoms. The Hall–Kier alpha value is -1.51. The van der Waals surface area contributed by atoms with Gasteiger partial charge in [0.05, 0.1) is 7.11 Å². The second-order valence-corrected chi connectivity index (χ2v) is 3.49. The van der Waals surface area contributed by atoms with Crippen LogP contribution in [0.15, 0.2) is 29.3 Å². The van der Waals surface area contributed by atoms with Crippen molar-refractivity contribution in [3.63, 3.8) is 0 Å². The molecule has 19 heavy (non-hydrogen) atoms. The number of ether oxygens (including phenoxy) is 1. The minimum Gasteiger partial charge on any atom is -0.453 e. The van der Waals surface area contributed by atoms with Crippen molar-refractivity contribution < 1.29 is 9.53 Å². The standard InChI is InChI=1S/C12H18N4O2.HI/c1-13-11(14-2)15-8-9-4-6-10(7-5-9)16-12(17)18-3;/h4-7H,8H2,1-3H3,(H,16,17)(H2,13,14,15);1H. The molecule has 106 valence electrons. The van der Waals surface area contributed by atoms with Crippen molar-refractivity contribution in [2.24, 2.45) is 4.99 Å². The Labute approximate surface area is 130 Å². The number of halogens is 1. The summed E-state index contributed by atoms with van der Waals surface area (Å²) in [6, 6.07) is 7.47. The van der Waals surface area contributed by atoms with Crippen LogP contribution in [0.5, 0.6) is 0 Å². The maximum absolute atomic E-state index is 11.0. The predicted octanol–water partition coefficient (Wildman–Crippen LogP) is 1.78. The van der Waals surface area contributed by atoms with Crippen LogP contribution < -0.4 is 16.0 Å². The number of guanidine groups is 1. The zero-order valence-corrected chi connectivity index (χ0v) is 13.5. The van der Waals surface area contributed by atoms with Gasteiger partial charge in [-0.1, -0.05) is 12.1 Å². The summed E-state index contributed by atoms with van der Waals surface area (Å²) in [5, 5.41) is 8.65. The number of aliphatic imine (C=N–C) groups is 1. The van der Waals surface area contributed by atoms with Gasteiger partial charge in [0, 0.05) is 26.3 Å². The largest absolute Gasteiger partial charge is 0.453 e. The van der Waals surface area contributed by atoms with Gasteiger partial charge in [-0.3, -0.25) is 10.3 Å². The number of hydrogen-bond donors (Lipinski definition) is 3. The second kappa shape index (κ2) is 9.42. The van der Waals surface area contributed by atoms with Crippen LogP contribution in [-0.2, 0) is 11.3 Å². The lowest BCUT2D eigenvalue weighted by Gasteiger charge is -2.09. The third-order valence-corrected chi connectivity index (χ3v) is 2.31. The molecule has 0 aromatic heterocycles. The Morgan fingerprint density at radius 3 is 2.42 bits per heavy atom. The second-order valence-electron chi connectivity index (χ2n) is 3.49. The number of carbonyl (C=O) groups is 1. The van der Waals surface area contributed by atoms with E-state index in [2.05, 4.69) is 25.7 Å². The first-order chi connectivity index (χ1) is 8.69. The third-order valence-electron chi connectivity index (χ3n) is 2.31. The zero-order chi connectivity index (χ0) is 13.4. The molecule has 0 atom stereocenters. The first-order valence-corrected chi connectivity index (χ1v) is 5.52. The fraction of sp³-hybridized carbons (Fsp3) is 0.333. The molecular weight excluding hydrogens is 359 g/mol. The number of carbonyl (C=O) groups excluding carboxylic acids is 1. The highest BCUT2D eigenvalue weighted by Gasteiger charge is 2.00. The highest BCUT2D eigenvalue weighted by molar-refractivity contribution is 14.0. The van der Waals surface area contributed by atoms with Crippen molar-refractivity contribution in [2.45, 2.75) is 6.54 Å². The minimum absolute atomic E-state index is 0. The highest BCUT2D eigenvalue weighted by Crippen LogP contribution is 2.09. The van der Waals surface area contributed by atoms with Crippen LogP contribution in [0.25, 0.3) is 0 Å². The summed E-state index contributed by atoms with van der Waals surface area (Å²) < 4.78 is 4.51. The van der Waals surface area contributed by atoms with E-state index in [-0.39, 0.29) is 24.0 Å². The molecule has 0 aliphatic heterocycles. The fourth-order valence-electron chi connectivity index (χ4n) is 1.34. The number of rotatable bonds is 3. The molecule has 0 saturated carbocycles. The first-order valence-electron chi connectivity index (χ1n) is 5.52. The smallest absolute Gasteiger partial charge is 0.411 e. The van der Waals surface area contributed by atoms with Gasteiger partial charge in [-0.15, -0.1) is 24.0 Å². The number of amides is 1. The lowest BCUT2D eigenvalue weighted by molar-refractivity contribution is 0.187. The maximum atomic E-state index is 11.0. The van der Waals surface area contributed by atoms with Gasteiger partial charge in [-0.25, -0.2) is 4.79 Å². The third kappa shape index (κ3) is 6.27. The summed E-state index contributed by atoms with van der Waals surface area (Å²) in [5.74, 6) is 0.728. The van der Waals surface area contributed by atoms with Gasteiger partial charge in [-0.05, 0) is 17.7 Å². The summed E-state index contributed by atoms with van der Waals surface area (Å²) in [7, 11) is 4.85. The number of hydrogen-bond acceptors (Lipinski definition) is 3. The van der Waals surface area contributed by atoms with Crippen LogP contribution in [0.3, 0.4) is 0 Å². The van der Waals surface area contributed by atoms with Crippen molar-refractivity contribution in [3.05, 3.63) is 29.8 Å². The van der Waals surface area contributed by atoms with E-state index in [9.17, 15) is 4.79 Å². The lowest BCUT2D eigenvalue weighted by Crippen LogP contribution is -2.34. The molecule has 0 aliphatic rings. The van der Waals surface area contributed by atoms with Crippen LogP contribution in [0.1, 0.15) is 5.56 Å². The van der Waals surface area contributed by atoms with Gasteiger partial charge in [0.2, 0.25) is 0 Å². The van der Waals surface area contributed by atoms with E-state index in [1.807, 2.05) is 24.3 Å². The van der Waals surface area contributed by atoms with Gasteiger partial charge in [0.15, 0.2) is 5.96 Å². The lowest BCUT2D eigenvalue weighted by atomic mass is 10.2. The topological polar surface area (TPSA) is 74.8 Å². The highest BCUT2D eigenvalue weighted by atomic mass is 127. The molecular formula is C12H19IN4O2. The first kappa shape index (κ1) is 17.5. The van der Waals surface area contributed by atoms with Crippen molar-refractivity contribution >= 4 is 41.7 Å². The van der Waals surface area contributed by atoms with Gasteiger partial charge in [0.25, 0.3) is 0 Å². The quantitative estimate of drug-likeness (QED) is 0.426. The van der Waals surface area contributed by atoms with E-state index in [4.69, 9.17) is 0 Å². The molecule has 0 heterocycles. The van der Waals surface area contributed by atoms with Crippen LogP contribution >= 0.6 is 24.0 Å². The summed E-state index contributed by atoms with van der Waals surface area (Å²) >= 11 is 0. The predicted molar refractivity (Wildman–Crippen MR) is 87.1 cm³/mol. The molecule has 1 amide bonds. The van der Waals surface area contributed by atoms with E-state index < -0.39 is 6.09 Å². The van der Waals surface area contributed by atoms with Crippen molar-refractivity contribution in [1.29, 1.82) is 0 Å². The van der Waals surface area contributed by atoms with E-state index in [0.717, 1.165) is 11.5 Å². The molecule has 0 fully saturated rings. The molecule has 1 rings (SSSR count). The Morgan fingerprint density at radius 1 is 1.32 bits per heavy atom. The van der Waals surface area contributed by atoms with Gasteiger partial charge >= 0.3 is 6.09 Å². The van der Waals surface area contributed by atoms with E-state index >= 15 is 0 Å².